The standard InChI is InChI=1S/C11H11Br2NO4/c1-5(15)9(11(17)18)14-10(16)6-2-7(12)4-8(13)3-6/h2-5,9,15H,1H3,(H,14,16)(H,17,18)/t5-,9+/m1/s1. The van der Waals surface area contributed by atoms with Gasteiger partial charge in [0.2, 0.25) is 0 Å². The van der Waals surface area contributed by atoms with Crippen molar-refractivity contribution >= 4 is 43.7 Å². The SMILES string of the molecule is C[C@@H](O)[C@H](NC(=O)c1cc(Br)cc(Br)c1)C(=O)O. The van der Waals surface area contributed by atoms with Crippen molar-refractivity contribution < 1.29 is 19.8 Å². The lowest BCUT2D eigenvalue weighted by Gasteiger charge is -2.17. The number of carboxylic acids is 1. The number of carbonyl (C=O) groups is 2. The third kappa shape index (κ3) is 4.08. The van der Waals surface area contributed by atoms with Gasteiger partial charge in [-0.25, -0.2) is 4.79 Å². The molecule has 2 atom stereocenters. The zero-order chi connectivity index (χ0) is 13.9. The highest BCUT2D eigenvalue weighted by molar-refractivity contribution is 9.11. The number of rotatable bonds is 4. The van der Waals surface area contributed by atoms with Crippen LogP contribution in [-0.2, 0) is 4.79 Å². The lowest BCUT2D eigenvalue weighted by molar-refractivity contribution is -0.141. The van der Waals surface area contributed by atoms with Crippen molar-refractivity contribution in [1.82, 2.24) is 5.32 Å². The molecule has 0 fully saturated rings. The number of aliphatic hydroxyl groups excluding tert-OH is 1. The molecule has 0 radical (unpaired) electrons. The highest BCUT2D eigenvalue weighted by Gasteiger charge is 2.25. The molecule has 1 rings (SSSR count). The summed E-state index contributed by atoms with van der Waals surface area (Å²) in [6.07, 6.45) is -1.18. The topological polar surface area (TPSA) is 86.6 Å². The Kier molecular flexibility index (Phi) is 5.30. The predicted octanol–water partition coefficient (Wildman–Crippen LogP) is 1.78. The van der Waals surface area contributed by atoms with Gasteiger partial charge in [0.15, 0.2) is 6.04 Å². The molecular weight excluding hydrogens is 370 g/mol. The summed E-state index contributed by atoms with van der Waals surface area (Å²) in [5.74, 6) is -1.85. The first kappa shape index (κ1) is 15.1. The Bertz CT molecular complexity index is 456. The van der Waals surface area contributed by atoms with E-state index in [1.54, 1.807) is 18.2 Å². The molecule has 0 aliphatic carbocycles. The van der Waals surface area contributed by atoms with Crippen molar-refractivity contribution in [2.45, 2.75) is 19.1 Å². The summed E-state index contributed by atoms with van der Waals surface area (Å²) in [6.45, 7) is 1.30. The van der Waals surface area contributed by atoms with E-state index in [0.717, 1.165) is 0 Å². The van der Waals surface area contributed by atoms with E-state index in [1.165, 1.54) is 6.92 Å². The second-order valence-corrected chi connectivity index (χ2v) is 5.52. The third-order valence-corrected chi connectivity index (χ3v) is 3.08. The first-order chi connectivity index (χ1) is 8.31. The van der Waals surface area contributed by atoms with E-state index in [0.29, 0.717) is 14.5 Å². The van der Waals surface area contributed by atoms with E-state index in [9.17, 15) is 14.7 Å². The molecule has 0 aliphatic rings. The predicted molar refractivity (Wildman–Crippen MR) is 72.4 cm³/mol. The van der Waals surface area contributed by atoms with E-state index in [2.05, 4.69) is 37.2 Å². The first-order valence-electron chi connectivity index (χ1n) is 4.99. The van der Waals surface area contributed by atoms with E-state index in [1.807, 2.05) is 0 Å². The van der Waals surface area contributed by atoms with Gasteiger partial charge in [0.1, 0.15) is 0 Å². The fourth-order valence-electron chi connectivity index (χ4n) is 1.30. The molecule has 18 heavy (non-hydrogen) atoms. The summed E-state index contributed by atoms with van der Waals surface area (Å²) in [4.78, 5) is 22.7. The minimum Gasteiger partial charge on any atom is -0.480 e. The quantitative estimate of drug-likeness (QED) is 0.743. The van der Waals surface area contributed by atoms with E-state index in [4.69, 9.17) is 5.11 Å². The van der Waals surface area contributed by atoms with Crippen molar-refractivity contribution in [3.8, 4) is 0 Å². The van der Waals surface area contributed by atoms with E-state index in [-0.39, 0.29) is 0 Å². The van der Waals surface area contributed by atoms with Gasteiger partial charge in [-0.1, -0.05) is 31.9 Å². The fraction of sp³-hybridized carbons (Fsp3) is 0.273. The number of hydrogen-bond acceptors (Lipinski definition) is 3. The normalized spacial score (nSPS) is 13.8. The van der Waals surface area contributed by atoms with Gasteiger partial charge in [0.05, 0.1) is 6.10 Å². The molecule has 1 aromatic rings. The summed E-state index contributed by atoms with van der Waals surface area (Å²) >= 11 is 6.46. The minimum absolute atomic E-state index is 0.295. The average Bonchev–Trinajstić information content (AvgIpc) is 2.23. The summed E-state index contributed by atoms with van der Waals surface area (Å²) in [7, 11) is 0. The van der Waals surface area contributed by atoms with Crippen molar-refractivity contribution in [3.63, 3.8) is 0 Å². The molecule has 7 heteroatoms. The summed E-state index contributed by atoms with van der Waals surface area (Å²) in [5, 5.41) is 20.4. The Hall–Kier alpha value is -0.920. The van der Waals surface area contributed by atoms with Crippen LogP contribution in [0.25, 0.3) is 0 Å². The summed E-state index contributed by atoms with van der Waals surface area (Å²) < 4.78 is 1.37. The van der Waals surface area contributed by atoms with Crippen LogP contribution in [0.3, 0.4) is 0 Å². The molecule has 0 unspecified atom stereocenters. The smallest absolute Gasteiger partial charge is 0.328 e. The van der Waals surface area contributed by atoms with Gasteiger partial charge in [-0.05, 0) is 25.1 Å². The molecule has 0 bridgehead atoms. The number of carboxylic acid groups (broad SMARTS) is 1. The van der Waals surface area contributed by atoms with Crippen LogP contribution in [0.2, 0.25) is 0 Å². The van der Waals surface area contributed by atoms with Gasteiger partial charge in [-0.3, -0.25) is 4.79 Å². The first-order valence-corrected chi connectivity index (χ1v) is 6.57. The lowest BCUT2D eigenvalue weighted by atomic mass is 10.1. The maximum atomic E-state index is 11.8. The van der Waals surface area contributed by atoms with Gasteiger partial charge in [-0.15, -0.1) is 0 Å². The van der Waals surface area contributed by atoms with Crippen molar-refractivity contribution in [1.29, 1.82) is 0 Å². The van der Waals surface area contributed by atoms with Gasteiger partial charge in [-0.2, -0.15) is 0 Å². The Morgan fingerprint density at radius 2 is 1.72 bits per heavy atom. The summed E-state index contributed by atoms with van der Waals surface area (Å²) in [5.41, 5.74) is 0.295. The van der Waals surface area contributed by atoms with E-state index >= 15 is 0 Å². The number of aliphatic carboxylic acids is 1. The monoisotopic (exact) mass is 379 g/mol. The second-order valence-electron chi connectivity index (χ2n) is 3.69. The molecule has 0 spiro atoms. The number of halogens is 2. The highest BCUT2D eigenvalue weighted by atomic mass is 79.9. The number of hydrogen-bond donors (Lipinski definition) is 3. The van der Waals surface area contributed by atoms with Crippen LogP contribution in [0, 0.1) is 0 Å². The van der Waals surface area contributed by atoms with Crippen molar-refractivity contribution in [3.05, 3.63) is 32.7 Å². The lowest BCUT2D eigenvalue weighted by Crippen LogP contribution is -2.47. The molecular formula is C11H11Br2NO4. The fourth-order valence-corrected chi connectivity index (χ4v) is 2.59. The van der Waals surface area contributed by atoms with Crippen LogP contribution in [-0.4, -0.2) is 34.2 Å². The Morgan fingerprint density at radius 1 is 1.22 bits per heavy atom. The van der Waals surface area contributed by atoms with Gasteiger partial charge >= 0.3 is 5.97 Å². The molecule has 0 aliphatic heterocycles. The molecule has 1 aromatic carbocycles. The van der Waals surface area contributed by atoms with Crippen molar-refractivity contribution in [2.24, 2.45) is 0 Å². The molecule has 5 nitrogen and oxygen atoms in total. The van der Waals surface area contributed by atoms with Crippen LogP contribution < -0.4 is 5.32 Å². The molecule has 3 N–H and O–H groups in total. The zero-order valence-corrected chi connectivity index (χ0v) is 12.5. The number of aliphatic hydroxyl groups is 1. The Morgan fingerprint density at radius 3 is 2.11 bits per heavy atom. The minimum atomic E-state index is -1.34. The number of benzene rings is 1. The third-order valence-electron chi connectivity index (χ3n) is 2.16. The van der Waals surface area contributed by atoms with Gasteiger partial charge in [0, 0.05) is 14.5 Å². The Labute approximate surface area is 120 Å². The Balaban J connectivity index is 2.90. The molecule has 0 saturated heterocycles. The molecule has 98 valence electrons. The zero-order valence-electron chi connectivity index (χ0n) is 9.35. The molecule has 1 amide bonds. The number of nitrogens with one attached hydrogen (secondary N) is 1. The maximum absolute atomic E-state index is 11.8. The van der Waals surface area contributed by atoms with Gasteiger partial charge < -0.3 is 15.5 Å². The average molecular weight is 381 g/mol. The van der Waals surface area contributed by atoms with Crippen LogP contribution >= 0.6 is 31.9 Å². The largest absolute Gasteiger partial charge is 0.480 e. The molecule has 0 aromatic heterocycles. The van der Waals surface area contributed by atoms with Crippen LogP contribution in [0.5, 0.6) is 0 Å². The molecule has 0 saturated carbocycles. The maximum Gasteiger partial charge on any atom is 0.328 e. The second kappa shape index (κ2) is 6.31. The number of amides is 1. The summed E-state index contributed by atoms with van der Waals surface area (Å²) in [6, 6.07) is 3.53. The van der Waals surface area contributed by atoms with Gasteiger partial charge in [0.25, 0.3) is 5.91 Å². The van der Waals surface area contributed by atoms with Crippen LogP contribution in [0.1, 0.15) is 17.3 Å². The van der Waals surface area contributed by atoms with Crippen LogP contribution in [0.15, 0.2) is 27.1 Å². The molecule has 0 heterocycles. The number of carbonyl (C=O) groups excluding carboxylic acids is 1. The van der Waals surface area contributed by atoms with E-state index < -0.39 is 24.0 Å². The highest BCUT2D eigenvalue weighted by Crippen LogP contribution is 2.20. The van der Waals surface area contributed by atoms with Crippen LogP contribution in [0.4, 0.5) is 0 Å². The van der Waals surface area contributed by atoms with Crippen molar-refractivity contribution in [2.75, 3.05) is 0 Å².